The summed E-state index contributed by atoms with van der Waals surface area (Å²) in [6.07, 6.45) is 1.58. The highest BCUT2D eigenvalue weighted by atomic mass is 32.2. The van der Waals surface area contributed by atoms with E-state index in [1.807, 2.05) is 36.4 Å². The molecule has 146 valence electrons. The zero-order chi connectivity index (χ0) is 20.2. The van der Waals surface area contributed by atoms with Gasteiger partial charge in [-0.15, -0.1) is 0 Å². The Kier molecular flexibility index (Phi) is 5.48. The number of benzene rings is 2. The molecule has 6 nitrogen and oxygen atoms in total. The summed E-state index contributed by atoms with van der Waals surface area (Å²) in [5, 5.41) is 1.16. The predicted molar refractivity (Wildman–Crippen MR) is 111 cm³/mol. The number of hydrogen-bond donors (Lipinski definition) is 0. The number of ether oxygens (including phenoxy) is 1. The molecule has 0 aliphatic heterocycles. The van der Waals surface area contributed by atoms with Gasteiger partial charge in [0, 0.05) is 5.75 Å². The fourth-order valence-electron chi connectivity index (χ4n) is 3.01. The normalized spacial score (nSPS) is 10.9. The average Bonchev–Trinajstić information content (AvgIpc) is 3.27. The molecule has 0 radical (unpaired) electrons. The van der Waals surface area contributed by atoms with Crippen molar-refractivity contribution in [3.05, 3.63) is 94.2 Å². The smallest absolute Gasteiger partial charge is 0.337 e. The SMILES string of the molecule is COC(=O)c1cccc(CSc2nc3ccccc3c(=O)n2Cc2ccco2)c1. The number of methoxy groups -OCH3 is 1. The number of hydrogen-bond acceptors (Lipinski definition) is 6. The largest absolute Gasteiger partial charge is 0.467 e. The van der Waals surface area contributed by atoms with E-state index < -0.39 is 0 Å². The first-order valence-electron chi connectivity index (χ1n) is 8.98. The van der Waals surface area contributed by atoms with Crippen molar-refractivity contribution in [2.75, 3.05) is 7.11 Å². The minimum Gasteiger partial charge on any atom is -0.467 e. The fraction of sp³-hybridized carbons (Fsp3) is 0.136. The van der Waals surface area contributed by atoms with Crippen molar-refractivity contribution < 1.29 is 13.9 Å². The van der Waals surface area contributed by atoms with E-state index in [0.29, 0.717) is 39.7 Å². The van der Waals surface area contributed by atoms with Crippen LogP contribution in [0.4, 0.5) is 0 Å². The summed E-state index contributed by atoms with van der Waals surface area (Å²) < 4.78 is 11.8. The van der Waals surface area contributed by atoms with E-state index in [1.165, 1.54) is 18.9 Å². The molecule has 0 aliphatic rings. The van der Waals surface area contributed by atoms with Gasteiger partial charge >= 0.3 is 5.97 Å². The molecule has 0 aliphatic carbocycles. The van der Waals surface area contributed by atoms with Crippen molar-refractivity contribution >= 4 is 28.6 Å². The molecule has 29 heavy (non-hydrogen) atoms. The minimum atomic E-state index is -0.379. The van der Waals surface area contributed by atoms with Crippen molar-refractivity contribution in [3.63, 3.8) is 0 Å². The van der Waals surface area contributed by atoms with Crippen LogP contribution in [0.2, 0.25) is 0 Å². The molecule has 0 atom stereocenters. The van der Waals surface area contributed by atoms with Crippen molar-refractivity contribution in [3.8, 4) is 0 Å². The van der Waals surface area contributed by atoms with Gasteiger partial charge in [0.25, 0.3) is 5.56 Å². The van der Waals surface area contributed by atoms with Crippen molar-refractivity contribution in [2.45, 2.75) is 17.5 Å². The summed E-state index contributed by atoms with van der Waals surface area (Å²) in [7, 11) is 1.36. The lowest BCUT2D eigenvalue weighted by atomic mass is 10.1. The second-order valence-electron chi connectivity index (χ2n) is 6.36. The van der Waals surface area contributed by atoms with Gasteiger partial charge in [-0.1, -0.05) is 36.0 Å². The van der Waals surface area contributed by atoms with Crippen molar-refractivity contribution in [2.24, 2.45) is 0 Å². The first kappa shape index (κ1) is 19.0. The highest BCUT2D eigenvalue weighted by Gasteiger charge is 2.14. The number of para-hydroxylation sites is 1. The number of fused-ring (bicyclic) bond motifs is 1. The van der Waals surface area contributed by atoms with Crippen LogP contribution >= 0.6 is 11.8 Å². The Labute approximate surface area is 171 Å². The van der Waals surface area contributed by atoms with E-state index >= 15 is 0 Å². The number of thioether (sulfide) groups is 1. The van der Waals surface area contributed by atoms with E-state index in [1.54, 1.807) is 35.1 Å². The highest BCUT2D eigenvalue weighted by molar-refractivity contribution is 7.98. The van der Waals surface area contributed by atoms with E-state index in [9.17, 15) is 9.59 Å². The van der Waals surface area contributed by atoms with Gasteiger partial charge in [0.1, 0.15) is 5.76 Å². The van der Waals surface area contributed by atoms with Gasteiger partial charge in [0.05, 0.1) is 36.4 Å². The van der Waals surface area contributed by atoms with Crippen LogP contribution in [0.3, 0.4) is 0 Å². The molecule has 2 heterocycles. The van der Waals surface area contributed by atoms with Gasteiger partial charge < -0.3 is 9.15 Å². The monoisotopic (exact) mass is 406 g/mol. The summed E-state index contributed by atoms with van der Waals surface area (Å²) >= 11 is 1.44. The molecule has 0 amide bonds. The Balaban J connectivity index is 1.69. The first-order chi connectivity index (χ1) is 14.2. The van der Waals surface area contributed by atoms with Crippen LogP contribution in [-0.4, -0.2) is 22.6 Å². The molecule has 0 N–H and O–H groups in total. The lowest BCUT2D eigenvalue weighted by Crippen LogP contribution is -2.23. The second-order valence-corrected chi connectivity index (χ2v) is 7.31. The number of carbonyl (C=O) groups is 1. The summed E-state index contributed by atoms with van der Waals surface area (Å²) in [6.45, 7) is 0.300. The topological polar surface area (TPSA) is 74.3 Å². The number of nitrogens with zero attached hydrogens (tertiary/aromatic N) is 2. The lowest BCUT2D eigenvalue weighted by molar-refractivity contribution is 0.0600. The molecule has 2 aromatic heterocycles. The van der Waals surface area contributed by atoms with Gasteiger partial charge in [-0.3, -0.25) is 9.36 Å². The third-order valence-electron chi connectivity index (χ3n) is 4.44. The van der Waals surface area contributed by atoms with Gasteiger partial charge in [0.15, 0.2) is 5.16 Å². The summed E-state index contributed by atoms with van der Waals surface area (Å²) in [5.41, 5.74) is 1.96. The Bertz CT molecular complexity index is 1220. The highest BCUT2D eigenvalue weighted by Crippen LogP contribution is 2.23. The number of esters is 1. The standard InChI is InChI=1S/C22H18N2O4S/c1-27-21(26)16-7-4-6-15(12-16)14-29-22-23-19-10-3-2-9-18(19)20(25)24(22)13-17-8-5-11-28-17/h2-12H,13-14H2,1H3. The molecule has 0 fully saturated rings. The molecule has 0 bridgehead atoms. The number of furan rings is 1. The van der Waals surface area contributed by atoms with E-state index in [2.05, 4.69) is 0 Å². The van der Waals surface area contributed by atoms with Gasteiger partial charge in [-0.2, -0.15) is 0 Å². The van der Waals surface area contributed by atoms with Gasteiger partial charge in [0.2, 0.25) is 0 Å². The number of aromatic nitrogens is 2. The van der Waals surface area contributed by atoms with Crippen LogP contribution in [0.25, 0.3) is 10.9 Å². The molecule has 0 unspecified atom stereocenters. The van der Waals surface area contributed by atoms with Gasteiger partial charge in [-0.05, 0) is 42.0 Å². The Morgan fingerprint density at radius 2 is 2.00 bits per heavy atom. The van der Waals surface area contributed by atoms with Crippen LogP contribution in [-0.2, 0) is 17.0 Å². The molecular formula is C22H18N2O4S. The Morgan fingerprint density at radius 3 is 2.79 bits per heavy atom. The maximum absolute atomic E-state index is 13.1. The zero-order valence-corrected chi connectivity index (χ0v) is 16.5. The second kappa shape index (κ2) is 8.36. The zero-order valence-electron chi connectivity index (χ0n) is 15.7. The van der Waals surface area contributed by atoms with Crippen LogP contribution in [0.5, 0.6) is 0 Å². The third-order valence-corrected chi connectivity index (χ3v) is 5.48. The molecule has 7 heteroatoms. The van der Waals surface area contributed by atoms with Crippen LogP contribution in [0, 0.1) is 0 Å². The molecular weight excluding hydrogens is 388 g/mol. The Morgan fingerprint density at radius 1 is 1.14 bits per heavy atom. The fourth-order valence-corrected chi connectivity index (χ4v) is 3.95. The van der Waals surface area contributed by atoms with Gasteiger partial charge in [-0.25, -0.2) is 9.78 Å². The molecule has 0 saturated heterocycles. The number of rotatable bonds is 6. The summed E-state index contributed by atoms with van der Waals surface area (Å²) in [6, 6.07) is 18.1. The van der Waals surface area contributed by atoms with Crippen molar-refractivity contribution in [1.82, 2.24) is 9.55 Å². The number of carbonyl (C=O) groups excluding carboxylic acids is 1. The van der Waals surface area contributed by atoms with Crippen LogP contribution < -0.4 is 5.56 Å². The summed E-state index contributed by atoms with van der Waals surface area (Å²) in [5.74, 6) is 0.849. The molecule has 4 aromatic rings. The minimum absolute atomic E-state index is 0.113. The summed E-state index contributed by atoms with van der Waals surface area (Å²) in [4.78, 5) is 29.5. The van der Waals surface area contributed by atoms with Crippen molar-refractivity contribution in [1.29, 1.82) is 0 Å². The maximum Gasteiger partial charge on any atom is 0.337 e. The third kappa shape index (κ3) is 4.09. The van der Waals surface area contributed by atoms with Crippen LogP contribution in [0.1, 0.15) is 21.7 Å². The van der Waals surface area contributed by atoms with Crippen LogP contribution in [0.15, 0.2) is 81.3 Å². The molecule has 2 aromatic carbocycles. The average molecular weight is 406 g/mol. The van der Waals surface area contributed by atoms with E-state index in [-0.39, 0.29) is 11.5 Å². The predicted octanol–water partition coefficient (Wildman–Crippen LogP) is 4.12. The quantitative estimate of drug-likeness (QED) is 0.272. The maximum atomic E-state index is 13.1. The lowest BCUT2D eigenvalue weighted by Gasteiger charge is -2.12. The molecule has 0 saturated carbocycles. The molecule has 4 rings (SSSR count). The first-order valence-corrected chi connectivity index (χ1v) is 9.96. The Hall–Kier alpha value is -3.32. The molecule has 0 spiro atoms. The van der Waals surface area contributed by atoms with E-state index in [4.69, 9.17) is 14.1 Å². The van der Waals surface area contributed by atoms with E-state index in [0.717, 1.165) is 5.56 Å².